The molecule has 5 rings (SSSR count). The zero-order valence-electron chi connectivity index (χ0n) is 18.9. The van der Waals surface area contributed by atoms with E-state index in [1.165, 1.54) is 22.9 Å². The van der Waals surface area contributed by atoms with Crippen molar-refractivity contribution in [3.05, 3.63) is 70.8 Å². The summed E-state index contributed by atoms with van der Waals surface area (Å²) in [6.45, 7) is 2.68. The third-order valence-corrected chi connectivity index (χ3v) is 8.35. The minimum atomic E-state index is -0.272. The second-order valence-electron chi connectivity index (χ2n) is 9.98. The molecule has 1 heterocycles. The van der Waals surface area contributed by atoms with E-state index in [9.17, 15) is 9.18 Å². The standard InChI is InChI=1S/C27H31FN2O2/c1-27-10-9-22-21-5-4-18(26(32)30(2)11-12-31)13-17(21)3-6-23(22)25(27)8-7-24(27)19-14-20(28)16-29-15-19/h4-5,7,13-16,22-23,25,31H,3,6,8-12H2,1-2H3/t22-,23-,25+,27-/m1/s1. The maximum absolute atomic E-state index is 13.9. The molecule has 4 nitrogen and oxygen atoms in total. The number of pyridine rings is 1. The van der Waals surface area contributed by atoms with Crippen molar-refractivity contribution in [2.24, 2.45) is 17.3 Å². The molecule has 3 aliphatic rings. The normalized spacial score (nSPS) is 28.4. The predicted octanol–water partition coefficient (Wildman–Crippen LogP) is 4.83. The number of aromatic nitrogens is 1. The summed E-state index contributed by atoms with van der Waals surface area (Å²) >= 11 is 0. The number of halogens is 1. The Balaban J connectivity index is 1.40. The molecule has 0 saturated heterocycles. The summed E-state index contributed by atoms with van der Waals surface area (Å²) in [4.78, 5) is 18.3. The number of hydrogen-bond donors (Lipinski definition) is 1. The Labute approximate surface area is 189 Å². The second-order valence-corrected chi connectivity index (χ2v) is 9.98. The molecule has 1 fully saturated rings. The number of fused-ring (bicyclic) bond motifs is 5. The molecule has 1 N–H and O–H groups in total. The van der Waals surface area contributed by atoms with E-state index in [0.717, 1.165) is 37.7 Å². The van der Waals surface area contributed by atoms with E-state index in [1.54, 1.807) is 24.2 Å². The van der Waals surface area contributed by atoms with Crippen molar-refractivity contribution in [1.82, 2.24) is 9.88 Å². The smallest absolute Gasteiger partial charge is 0.253 e. The Morgan fingerprint density at radius 1 is 1.28 bits per heavy atom. The predicted molar refractivity (Wildman–Crippen MR) is 123 cm³/mol. The number of allylic oxidation sites excluding steroid dienone is 2. The largest absolute Gasteiger partial charge is 0.395 e. The van der Waals surface area contributed by atoms with Crippen molar-refractivity contribution in [3.8, 4) is 0 Å². The highest BCUT2D eigenvalue weighted by molar-refractivity contribution is 5.94. The number of benzene rings is 1. The first kappa shape index (κ1) is 21.3. The van der Waals surface area contributed by atoms with E-state index < -0.39 is 0 Å². The zero-order valence-corrected chi connectivity index (χ0v) is 18.9. The molecule has 1 saturated carbocycles. The Hall–Kier alpha value is -2.53. The zero-order chi connectivity index (χ0) is 22.5. The summed E-state index contributed by atoms with van der Waals surface area (Å²) in [7, 11) is 1.73. The van der Waals surface area contributed by atoms with E-state index in [0.29, 0.717) is 29.9 Å². The number of hydrogen-bond acceptors (Lipinski definition) is 3. The van der Waals surface area contributed by atoms with Crippen LogP contribution in [0.25, 0.3) is 5.57 Å². The van der Waals surface area contributed by atoms with E-state index in [2.05, 4.69) is 30.1 Å². The molecule has 3 aliphatic carbocycles. The molecular formula is C27H31FN2O2. The van der Waals surface area contributed by atoms with Gasteiger partial charge in [-0.15, -0.1) is 0 Å². The highest BCUT2D eigenvalue weighted by atomic mass is 19.1. The number of aryl methyl sites for hydroxylation is 1. The van der Waals surface area contributed by atoms with Gasteiger partial charge in [-0.2, -0.15) is 0 Å². The van der Waals surface area contributed by atoms with Crippen LogP contribution >= 0.6 is 0 Å². The van der Waals surface area contributed by atoms with Gasteiger partial charge in [0.1, 0.15) is 5.82 Å². The van der Waals surface area contributed by atoms with Gasteiger partial charge in [-0.05, 0) is 95.7 Å². The molecule has 0 bridgehead atoms. The monoisotopic (exact) mass is 434 g/mol. The summed E-state index contributed by atoms with van der Waals surface area (Å²) < 4.78 is 13.9. The quantitative estimate of drug-likeness (QED) is 0.750. The number of amides is 1. The minimum absolute atomic E-state index is 0.0290. The van der Waals surface area contributed by atoms with Gasteiger partial charge < -0.3 is 10.0 Å². The van der Waals surface area contributed by atoms with E-state index in [-0.39, 0.29) is 23.7 Å². The number of aliphatic hydroxyl groups excluding tert-OH is 1. The molecule has 168 valence electrons. The molecule has 1 aromatic heterocycles. The third kappa shape index (κ3) is 3.38. The first-order valence-corrected chi connectivity index (χ1v) is 11.7. The van der Waals surface area contributed by atoms with Gasteiger partial charge in [-0.3, -0.25) is 9.78 Å². The van der Waals surface area contributed by atoms with Gasteiger partial charge in [0.05, 0.1) is 12.8 Å². The highest BCUT2D eigenvalue weighted by Crippen LogP contribution is 2.63. The summed E-state index contributed by atoms with van der Waals surface area (Å²) in [6, 6.07) is 7.84. The lowest BCUT2D eigenvalue weighted by Crippen LogP contribution is -2.41. The Bertz CT molecular complexity index is 1080. The molecule has 0 radical (unpaired) electrons. The molecular weight excluding hydrogens is 403 g/mol. The number of carbonyl (C=O) groups excluding carboxylic acids is 1. The fraction of sp³-hybridized carbons (Fsp3) is 0.481. The molecule has 1 amide bonds. The minimum Gasteiger partial charge on any atom is -0.395 e. The van der Waals surface area contributed by atoms with Gasteiger partial charge in [-0.25, -0.2) is 4.39 Å². The van der Waals surface area contributed by atoms with Crippen LogP contribution in [0.2, 0.25) is 0 Å². The second kappa shape index (κ2) is 8.11. The van der Waals surface area contributed by atoms with Crippen LogP contribution in [-0.2, 0) is 6.42 Å². The molecule has 0 aliphatic heterocycles. The van der Waals surface area contributed by atoms with Crippen LogP contribution in [0.1, 0.15) is 65.6 Å². The van der Waals surface area contributed by atoms with Crippen molar-refractivity contribution in [2.75, 3.05) is 20.2 Å². The average molecular weight is 435 g/mol. The average Bonchev–Trinajstić information content (AvgIpc) is 3.15. The summed E-state index contributed by atoms with van der Waals surface area (Å²) in [5, 5.41) is 9.13. The maximum Gasteiger partial charge on any atom is 0.253 e. The Kier molecular flexibility index (Phi) is 5.40. The molecule has 2 aromatic rings. The lowest BCUT2D eigenvalue weighted by molar-refractivity contribution is 0.0765. The first-order chi connectivity index (χ1) is 15.4. The fourth-order valence-corrected chi connectivity index (χ4v) is 6.76. The SMILES string of the molecule is CN(CCO)C(=O)c1ccc2c(c1)CC[C@@H]1[C@@H]2CC[C@]2(C)C(c3cncc(F)c3)=CC[C@@H]12. The van der Waals surface area contributed by atoms with E-state index >= 15 is 0 Å². The number of carbonyl (C=O) groups is 1. The summed E-state index contributed by atoms with van der Waals surface area (Å²) in [6.07, 6.45) is 10.8. The molecule has 4 atom stereocenters. The van der Waals surface area contributed by atoms with Crippen molar-refractivity contribution < 1.29 is 14.3 Å². The van der Waals surface area contributed by atoms with E-state index in [4.69, 9.17) is 5.11 Å². The van der Waals surface area contributed by atoms with E-state index in [1.807, 2.05) is 6.07 Å². The van der Waals surface area contributed by atoms with Gasteiger partial charge in [-0.1, -0.05) is 19.1 Å². The van der Waals surface area contributed by atoms with Crippen LogP contribution in [-0.4, -0.2) is 41.1 Å². The summed E-state index contributed by atoms with van der Waals surface area (Å²) in [5.41, 5.74) is 5.69. The van der Waals surface area contributed by atoms with Crippen LogP contribution in [0.15, 0.2) is 42.7 Å². The van der Waals surface area contributed by atoms with Gasteiger partial charge in [0.15, 0.2) is 0 Å². The molecule has 0 unspecified atom stereocenters. The van der Waals surface area contributed by atoms with Crippen molar-refractivity contribution in [2.45, 2.75) is 44.9 Å². The number of aliphatic hydroxyl groups is 1. The van der Waals surface area contributed by atoms with Gasteiger partial charge in [0.25, 0.3) is 5.91 Å². The Morgan fingerprint density at radius 3 is 2.91 bits per heavy atom. The number of rotatable bonds is 4. The first-order valence-electron chi connectivity index (χ1n) is 11.7. The topological polar surface area (TPSA) is 53.4 Å². The fourth-order valence-electron chi connectivity index (χ4n) is 6.76. The highest BCUT2D eigenvalue weighted by Gasteiger charge is 2.52. The number of likely N-dealkylation sites (N-methyl/N-ethyl adjacent to an activating group) is 1. The molecule has 32 heavy (non-hydrogen) atoms. The van der Waals surface area contributed by atoms with Gasteiger partial charge >= 0.3 is 0 Å². The van der Waals surface area contributed by atoms with Crippen molar-refractivity contribution in [3.63, 3.8) is 0 Å². The van der Waals surface area contributed by atoms with Crippen LogP contribution in [0.5, 0.6) is 0 Å². The van der Waals surface area contributed by atoms with Crippen LogP contribution < -0.4 is 0 Å². The van der Waals surface area contributed by atoms with Crippen molar-refractivity contribution >= 4 is 11.5 Å². The van der Waals surface area contributed by atoms with Crippen LogP contribution in [0.3, 0.4) is 0 Å². The maximum atomic E-state index is 13.9. The molecule has 0 spiro atoms. The third-order valence-electron chi connectivity index (χ3n) is 8.35. The van der Waals surface area contributed by atoms with Crippen LogP contribution in [0, 0.1) is 23.1 Å². The molecule has 1 aromatic carbocycles. The van der Waals surface area contributed by atoms with Gasteiger partial charge in [0.2, 0.25) is 0 Å². The van der Waals surface area contributed by atoms with Gasteiger partial charge in [0, 0.05) is 25.4 Å². The Morgan fingerprint density at radius 2 is 2.12 bits per heavy atom. The lowest BCUT2D eigenvalue weighted by atomic mass is 9.54. The van der Waals surface area contributed by atoms with Crippen molar-refractivity contribution in [1.29, 1.82) is 0 Å². The lowest BCUT2D eigenvalue weighted by Gasteiger charge is -2.50. The van der Waals surface area contributed by atoms with Crippen LogP contribution in [0.4, 0.5) is 4.39 Å². The number of nitrogens with zero attached hydrogens (tertiary/aromatic N) is 2. The summed E-state index contributed by atoms with van der Waals surface area (Å²) in [5.74, 6) is 1.38. The molecule has 5 heteroatoms.